The first-order chi connectivity index (χ1) is 6.20. The van der Waals surface area contributed by atoms with Crippen molar-refractivity contribution in [1.29, 1.82) is 5.26 Å². The maximum atomic E-state index is 8.67. The molecule has 1 aliphatic carbocycles. The van der Waals surface area contributed by atoms with Crippen molar-refractivity contribution < 1.29 is 5.11 Å². The molecule has 3 heteroatoms. The second-order valence-corrected chi connectivity index (χ2v) is 3.39. The van der Waals surface area contributed by atoms with Gasteiger partial charge < -0.3 is 10.8 Å². The molecule has 3 N–H and O–H groups in total. The van der Waals surface area contributed by atoms with Gasteiger partial charge >= 0.3 is 0 Å². The third-order valence-corrected chi connectivity index (χ3v) is 2.41. The first-order valence-electron chi connectivity index (χ1n) is 5.01. The molecule has 3 nitrogen and oxygen atoms in total. The molecule has 0 aromatic heterocycles. The van der Waals surface area contributed by atoms with Crippen molar-refractivity contribution in [3.63, 3.8) is 0 Å². The Morgan fingerprint density at radius 2 is 2.23 bits per heavy atom. The van der Waals surface area contributed by atoms with Crippen molar-refractivity contribution in [1.82, 2.24) is 0 Å². The van der Waals surface area contributed by atoms with Crippen LogP contribution in [0.3, 0.4) is 0 Å². The summed E-state index contributed by atoms with van der Waals surface area (Å²) >= 11 is 0. The Morgan fingerprint density at radius 3 is 2.62 bits per heavy atom. The highest BCUT2D eigenvalue weighted by Crippen LogP contribution is 2.33. The van der Waals surface area contributed by atoms with Crippen molar-refractivity contribution in [2.24, 2.45) is 11.7 Å². The number of hydrogen-bond acceptors (Lipinski definition) is 3. The molecule has 13 heavy (non-hydrogen) atoms. The largest absolute Gasteiger partial charge is 0.396 e. The van der Waals surface area contributed by atoms with Crippen LogP contribution in [0.5, 0.6) is 0 Å². The smallest absolute Gasteiger partial charge is 0.104 e. The van der Waals surface area contributed by atoms with Gasteiger partial charge in [-0.05, 0) is 31.6 Å². The van der Waals surface area contributed by atoms with Crippen molar-refractivity contribution in [3.8, 4) is 6.07 Å². The fraction of sp³-hybridized carbons (Fsp3) is 0.900. The average Bonchev–Trinajstić information content (AvgIpc) is 2.53. The molecular formula is C10H20N2O. The van der Waals surface area contributed by atoms with Crippen molar-refractivity contribution in [3.05, 3.63) is 0 Å². The first-order valence-corrected chi connectivity index (χ1v) is 5.01. The summed E-state index contributed by atoms with van der Waals surface area (Å²) in [6, 6.07) is 2.12. The zero-order valence-electron chi connectivity index (χ0n) is 8.58. The lowest BCUT2D eigenvalue weighted by atomic mass is 9.98. The van der Waals surface area contributed by atoms with Gasteiger partial charge in [0.15, 0.2) is 0 Å². The first kappa shape index (κ1) is 12.4. The summed E-state index contributed by atoms with van der Waals surface area (Å²) in [7, 11) is 0. The molecule has 76 valence electrons. The minimum Gasteiger partial charge on any atom is -0.396 e. The Morgan fingerprint density at radius 1 is 1.62 bits per heavy atom. The van der Waals surface area contributed by atoms with Crippen LogP contribution in [0.1, 0.15) is 39.5 Å². The molecule has 0 aromatic rings. The van der Waals surface area contributed by atoms with E-state index in [1.54, 1.807) is 0 Å². The third kappa shape index (κ3) is 3.75. The van der Waals surface area contributed by atoms with Gasteiger partial charge in [0.1, 0.15) is 5.54 Å². The highest BCUT2D eigenvalue weighted by molar-refractivity contribution is 5.09. The molecule has 0 aliphatic heterocycles. The van der Waals surface area contributed by atoms with E-state index < -0.39 is 5.54 Å². The van der Waals surface area contributed by atoms with E-state index >= 15 is 0 Å². The van der Waals surface area contributed by atoms with Crippen molar-refractivity contribution in [2.75, 3.05) is 6.61 Å². The van der Waals surface area contributed by atoms with Gasteiger partial charge in [0.2, 0.25) is 0 Å². The van der Waals surface area contributed by atoms with E-state index in [2.05, 4.69) is 6.07 Å². The minimum atomic E-state index is -0.597. The fourth-order valence-electron chi connectivity index (χ4n) is 1.71. The van der Waals surface area contributed by atoms with Crippen molar-refractivity contribution >= 4 is 0 Å². The van der Waals surface area contributed by atoms with Gasteiger partial charge in [-0.1, -0.05) is 13.8 Å². The quantitative estimate of drug-likeness (QED) is 0.681. The van der Waals surface area contributed by atoms with Crippen molar-refractivity contribution in [2.45, 2.75) is 45.1 Å². The number of nitriles is 1. The van der Waals surface area contributed by atoms with E-state index in [4.69, 9.17) is 16.1 Å². The zero-order valence-corrected chi connectivity index (χ0v) is 8.58. The molecule has 2 atom stereocenters. The molecule has 1 rings (SSSR count). The molecular weight excluding hydrogens is 164 g/mol. The molecule has 1 aliphatic rings. The highest BCUT2D eigenvalue weighted by atomic mass is 16.3. The molecule has 1 fully saturated rings. The molecule has 0 radical (unpaired) electrons. The summed E-state index contributed by atoms with van der Waals surface area (Å²) < 4.78 is 0. The van der Waals surface area contributed by atoms with Gasteiger partial charge in [-0.25, -0.2) is 0 Å². The summed E-state index contributed by atoms with van der Waals surface area (Å²) in [6.07, 6.45) is 3.32. The Kier molecular flexibility index (Phi) is 5.68. The number of nitrogens with two attached hydrogens (primary N) is 1. The van der Waals surface area contributed by atoms with Crippen LogP contribution >= 0.6 is 0 Å². The number of hydrogen-bond donors (Lipinski definition) is 2. The number of nitrogens with zero attached hydrogens (tertiary/aromatic N) is 1. The molecule has 0 spiro atoms. The van der Waals surface area contributed by atoms with E-state index in [-0.39, 0.29) is 6.61 Å². The normalized spacial score (nSPS) is 31.8. The lowest BCUT2D eigenvalue weighted by Gasteiger charge is -2.13. The molecule has 0 bridgehead atoms. The fourth-order valence-corrected chi connectivity index (χ4v) is 1.71. The Labute approximate surface area is 80.6 Å². The van der Waals surface area contributed by atoms with E-state index in [0.29, 0.717) is 5.92 Å². The van der Waals surface area contributed by atoms with Gasteiger partial charge in [-0.3, -0.25) is 0 Å². The maximum Gasteiger partial charge on any atom is 0.104 e. The predicted octanol–water partition coefficient (Wildman–Crippen LogP) is 1.42. The summed E-state index contributed by atoms with van der Waals surface area (Å²) in [4.78, 5) is 0. The molecule has 0 heterocycles. The number of rotatable bonds is 2. The van der Waals surface area contributed by atoms with Crippen LogP contribution in [0.4, 0.5) is 0 Å². The number of aliphatic hydroxyl groups is 1. The number of aliphatic hydroxyl groups excluding tert-OH is 1. The Balaban J connectivity index is 0.000000671. The van der Waals surface area contributed by atoms with E-state index in [1.165, 1.54) is 0 Å². The zero-order chi connectivity index (χ0) is 10.3. The van der Waals surface area contributed by atoms with Gasteiger partial charge in [-0.2, -0.15) is 5.26 Å². The molecule has 0 amide bonds. The van der Waals surface area contributed by atoms with Crippen LogP contribution in [0.15, 0.2) is 0 Å². The standard InChI is InChI=1S/C8H14N2O.C2H6/c9-6-8(10)3-1-7(5-8)2-4-11;1-2/h7,11H,1-5,10H2;1-2H3. The van der Waals surface area contributed by atoms with Gasteiger partial charge in [-0.15, -0.1) is 0 Å². The predicted molar refractivity (Wildman–Crippen MR) is 52.9 cm³/mol. The molecule has 0 aromatic carbocycles. The highest BCUT2D eigenvalue weighted by Gasteiger charge is 2.35. The molecule has 1 saturated carbocycles. The van der Waals surface area contributed by atoms with Gasteiger partial charge in [0.05, 0.1) is 6.07 Å². The van der Waals surface area contributed by atoms with E-state index in [1.807, 2.05) is 13.8 Å². The molecule has 0 saturated heterocycles. The van der Waals surface area contributed by atoms with Crippen LogP contribution in [-0.2, 0) is 0 Å². The second-order valence-electron chi connectivity index (χ2n) is 3.39. The van der Waals surface area contributed by atoms with Crippen LogP contribution in [0, 0.1) is 17.2 Å². The molecule has 2 unspecified atom stereocenters. The van der Waals surface area contributed by atoms with Crippen LogP contribution in [-0.4, -0.2) is 17.3 Å². The van der Waals surface area contributed by atoms with Gasteiger partial charge in [0, 0.05) is 6.61 Å². The van der Waals surface area contributed by atoms with Crippen LogP contribution in [0.2, 0.25) is 0 Å². The monoisotopic (exact) mass is 184 g/mol. The average molecular weight is 184 g/mol. The summed E-state index contributed by atoms with van der Waals surface area (Å²) in [6.45, 7) is 4.21. The lowest BCUT2D eigenvalue weighted by molar-refractivity contribution is 0.256. The summed E-state index contributed by atoms with van der Waals surface area (Å²) in [5.41, 5.74) is 5.14. The Hall–Kier alpha value is -0.590. The van der Waals surface area contributed by atoms with E-state index in [0.717, 1.165) is 25.7 Å². The van der Waals surface area contributed by atoms with Gasteiger partial charge in [0.25, 0.3) is 0 Å². The van der Waals surface area contributed by atoms with Crippen LogP contribution < -0.4 is 5.73 Å². The summed E-state index contributed by atoms with van der Waals surface area (Å²) in [5, 5.41) is 17.3. The van der Waals surface area contributed by atoms with E-state index in [9.17, 15) is 0 Å². The second kappa shape index (κ2) is 5.95. The Bertz CT molecular complexity index is 176. The minimum absolute atomic E-state index is 0.214. The topological polar surface area (TPSA) is 70.0 Å². The lowest BCUT2D eigenvalue weighted by Crippen LogP contribution is -2.34. The maximum absolute atomic E-state index is 8.67. The third-order valence-electron chi connectivity index (χ3n) is 2.41. The van der Waals surface area contributed by atoms with Crippen LogP contribution in [0.25, 0.3) is 0 Å². The summed E-state index contributed by atoms with van der Waals surface area (Å²) in [5.74, 6) is 0.463. The SMILES string of the molecule is CC.N#CC1(N)CCC(CCO)C1.